The van der Waals surface area contributed by atoms with Crippen LogP contribution in [0.15, 0.2) is 78.9 Å². The lowest BCUT2D eigenvalue weighted by Gasteiger charge is -2.11. The van der Waals surface area contributed by atoms with Gasteiger partial charge in [-0.3, -0.25) is 9.59 Å². The van der Waals surface area contributed by atoms with E-state index in [0.717, 1.165) is 11.1 Å². The van der Waals surface area contributed by atoms with Gasteiger partial charge in [0.2, 0.25) is 0 Å². The molecule has 3 aromatic rings. The van der Waals surface area contributed by atoms with Gasteiger partial charge in [-0.05, 0) is 42.3 Å². The van der Waals surface area contributed by atoms with Crippen molar-refractivity contribution in [1.82, 2.24) is 5.32 Å². The van der Waals surface area contributed by atoms with E-state index in [9.17, 15) is 9.59 Å². The van der Waals surface area contributed by atoms with E-state index < -0.39 is 0 Å². The maximum absolute atomic E-state index is 12.6. The number of hydrogen-bond acceptors (Lipinski definition) is 2. The smallest absolute Gasteiger partial charge is 0.255 e. The third-order valence-electron chi connectivity index (χ3n) is 4.01. The molecule has 2 N–H and O–H groups in total. The minimum absolute atomic E-state index is 0.206. The zero-order valence-corrected chi connectivity index (χ0v) is 14.5. The molecule has 0 spiro atoms. The third kappa shape index (κ3) is 3.98. The lowest BCUT2D eigenvalue weighted by molar-refractivity contribution is 0.0956. The molecule has 0 saturated carbocycles. The third-order valence-corrected chi connectivity index (χ3v) is 4.01. The lowest BCUT2D eigenvalue weighted by Crippen LogP contribution is -2.24. The molecule has 0 aliphatic heterocycles. The molecule has 0 aliphatic rings. The topological polar surface area (TPSA) is 58.2 Å². The van der Waals surface area contributed by atoms with E-state index in [1.807, 2.05) is 49.4 Å². The molecule has 3 aromatic carbocycles. The molecule has 0 radical (unpaired) electrons. The van der Waals surface area contributed by atoms with Crippen LogP contribution in [-0.2, 0) is 0 Å². The second kappa shape index (κ2) is 8.12. The summed E-state index contributed by atoms with van der Waals surface area (Å²) in [5, 5.41) is 5.58. The van der Waals surface area contributed by atoms with Crippen LogP contribution in [0.4, 0.5) is 5.69 Å². The van der Waals surface area contributed by atoms with Crippen molar-refractivity contribution in [3.05, 3.63) is 90.0 Å². The van der Waals surface area contributed by atoms with E-state index in [2.05, 4.69) is 10.6 Å². The number of hydrogen-bond donors (Lipinski definition) is 2. The Morgan fingerprint density at radius 1 is 0.731 bits per heavy atom. The van der Waals surface area contributed by atoms with E-state index in [1.54, 1.807) is 36.4 Å². The summed E-state index contributed by atoms with van der Waals surface area (Å²) in [6.07, 6.45) is 0. The largest absolute Gasteiger partial charge is 0.352 e. The minimum Gasteiger partial charge on any atom is -0.352 e. The van der Waals surface area contributed by atoms with E-state index in [4.69, 9.17) is 0 Å². The Morgan fingerprint density at radius 2 is 1.35 bits per heavy atom. The van der Waals surface area contributed by atoms with Crippen molar-refractivity contribution in [2.45, 2.75) is 6.92 Å². The van der Waals surface area contributed by atoms with Gasteiger partial charge in [0.1, 0.15) is 0 Å². The molecule has 0 unspecified atom stereocenters. The predicted octanol–water partition coefficient (Wildman–Crippen LogP) is 4.36. The van der Waals surface area contributed by atoms with Crippen molar-refractivity contribution >= 4 is 17.5 Å². The Balaban J connectivity index is 1.78. The molecule has 0 atom stereocenters. The Hall–Kier alpha value is -3.40. The molecule has 3 rings (SSSR count). The summed E-state index contributed by atoms with van der Waals surface area (Å²) in [5.74, 6) is -0.454. The first-order valence-electron chi connectivity index (χ1n) is 8.53. The minimum atomic E-state index is -0.249. The number of anilines is 1. The quantitative estimate of drug-likeness (QED) is 0.723. The number of carbonyl (C=O) groups excluding carboxylic acids is 2. The predicted molar refractivity (Wildman–Crippen MR) is 104 cm³/mol. The second-order valence-electron chi connectivity index (χ2n) is 5.80. The standard InChI is InChI=1S/C22H20N2O2/c1-2-23-22(26)19-10-6-7-11-20(19)24-21(25)18-14-12-17(13-15-18)16-8-4-3-5-9-16/h3-15H,2H2,1H3,(H,23,26)(H,24,25). The lowest BCUT2D eigenvalue weighted by atomic mass is 10.0. The van der Waals surface area contributed by atoms with E-state index in [1.165, 1.54) is 0 Å². The van der Waals surface area contributed by atoms with Crippen molar-refractivity contribution in [3.63, 3.8) is 0 Å². The number of amides is 2. The van der Waals surface area contributed by atoms with Gasteiger partial charge in [0.05, 0.1) is 11.3 Å². The zero-order valence-electron chi connectivity index (χ0n) is 14.5. The SMILES string of the molecule is CCNC(=O)c1ccccc1NC(=O)c1ccc(-c2ccccc2)cc1. The van der Waals surface area contributed by atoms with Gasteiger partial charge in [0.15, 0.2) is 0 Å². The van der Waals surface area contributed by atoms with Gasteiger partial charge < -0.3 is 10.6 Å². The molecule has 4 nitrogen and oxygen atoms in total. The van der Waals surface area contributed by atoms with Gasteiger partial charge >= 0.3 is 0 Å². The van der Waals surface area contributed by atoms with Gasteiger partial charge in [-0.25, -0.2) is 0 Å². The number of para-hydroxylation sites is 1. The first-order chi connectivity index (χ1) is 12.7. The number of benzene rings is 3. The molecule has 0 saturated heterocycles. The van der Waals surface area contributed by atoms with Gasteiger partial charge in [-0.1, -0.05) is 54.6 Å². The number of rotatable bonds is 5. The van der Waals surface area contributed by atoms with Crippen LogP contribution >= 0.6 is 0 Å². The summed E-state index contributed by atoms with van der Waals surface area (Å²) < 4.78 is 0. The van der Waals surface area contributed by atoms with Crippen LogP contribution in [0.3, 0.4) is 0 Å². The summed E-state index contributed by atoms with van der Waals surface area (Å²) in [4.78, 5) is 24.7. The van der Waals surface area contributed by atoms with Crippen molar-refractivity contribution in [2.24, 2.45) is 0 Å². The summed E-state index contributed by atoms with van der Waals surface area (Å²) in [5.41, 5.74) is 3.63. The second-order valence-corrected chi connectivity index (χ2v) is 5.80. The highest BCUT2D eigenvalue weighted by atomic mass is 16.2. The molecule has 26 heavy (non-hydrogen) atoms. The van der Waals surface area contributed by atoms with Crippen LogP contribution in [0, 0.1) is 0 Å². The van der Waals surface area contributed by atoms with Crippen molar-refractivity contribution < 1.29 is 9.59 Å². The summed E-state index contributed by atoms with van der Waals surface area (Å²) >= 11 is 0. The monoisotopic (exact) mass is 344 g/mol. The van der Waals surface area contributed by atoms with Crippen LogP contribution < -0.4 is 10.6 Å². The molecule has 0 aromatic heterocycles. The van der Waals surface area contributed by atoms with Crippen LogP contribution in [0.25, 0.3) is 11.1 Å². The first kappa shape index (κ1) is 17.4. The fourth-order valence-electron chi connectivity index (χ4n) is 2.69. The highest BCUT2D eigenvalue weighted by Gasteiger charge is 2.13. The summed E-state index contributed by atoms with van der Waals surface area (Å²) in [7, 11) is 0. The van der Waals surface area contributed by atoms with E-state index in [0.29, 0.717) is 23.4 Å². The summed E-state index contributed by atoms with van der Waals surface area (Å²) in [6.45, 7) is 2.38. The van der Waals surface area contributed by atoms with Crippen LogP contribution in [0.5, 0.6) is 0 Å². The molecular formula is C22H20N2O2. The first-order valence-corrected chi connectivity index (χ1v) is 8.53. The molecule has 0 bridgehead atoms. The van der Waals surface area contributed by atoms with Gasteiger partial charge in [0.25, 0.3) is 11.8 Å². The van der Waals surface area contributed by atoms with Crippen LogP contribution in [0.2, 0.25) is 0 Å². The Bertz CT molecular complexity index is 903. The molecule has 0 heterocycles. The van der Waals surface area contributed by atoms with Crippen molar-refractivity contribution in [1.29, 1.82) is 0 Å². The highest BCUT2D eigenvalue weighted by Crippen LogP contribution is 2.20. The van der Waals surface area contributed by atoms with Crippen molar-refractivity contribution in [2.75, 3.05) is 11.9 Å². The van der Waals surface area contributed by atoms with Crippen LogP contribution in [0.1, 0.15) is 27.6 Å². The van der Waals surface area contributed by atoms with Gasteiger partial charge in [0, 0.05) is 12.1 Å². The van der Waals surface area contributed by atoms with Crippen molar-refractivity contribution in [3.8, 4) is 11.1 Å². The van der Waals surface area contributed by atoms with E-state index >= 15 is 0 Å². The molecule has 2 amide bonds. The Kier molecular flexibility index (Phi) is 5.44. The number of carbonyl (C=O) groups is 2. The highest BCUT2D eigenvalue weighted by molar-refractivity contribution is 6.09. The molecular weight excluding hydrogens is 324 g/mol. The maximum atomic E-state index is 12.6. The summed E-state index contributed by atoms with van der Waals surface area (Å²) in [6, 6.07) is 24.4. The molecule has 0 fully saturated rings. The number of nitrogens with one attached hydrogen (secondary N) is 2. The fourth-order valence-corrected chi connectivity index (χ4v) is 2.69. The zero-order chi connectivity index (χ0) is 18.4. The van der Waals surface area contributed by atoms with Gasteiger partial charge in [-0.2, -0.15) is 0 Å². The van der Waals surface area contributed by atoms with E-state index in [-0.39, 0.29) is 11.8 Å². The Labute approximate surface area is 152 Å². The molecule has 130 valence electrons. The molecule has 4 heteroatoms. The average Bonchev–Trinajstić information content (AvgIpc) is 2.69. The Morgan fingerprint density at radius 3 is 2.04 bits per heavy atom. The average molecular weight is 344 g/mol. The fraction of sp³-hybridized carbons (Fsp3) is 0.0909. The normalized spacial score (nSPS) is 10.2. The maximum Gasteiger partial charge on any atom is 0.255 e. The van der Waals surface area contributed by atoms with Crippen LogP contribution in [-0.4, -0.2) is 18.4 Å². The molecule has 0 aliphatic carbocycles. The van der Waals surface area contributed by atoms with Gasteiger partial charge in [-0.15, -0.1) is 0 Å².